The highest BCUT2D eigenvalue weighted by molar-refractivity contribution is 5.74. The molecule has 1 aromatic carbocycles. The fourth-order valence-electron chi connectivity index (χ4n) is 2.45. The molecule has 0 unspecified atom stereocenters. The molecule has 0 bridgehead atoms. The first-order chi connectivity index (χ1) is 10.5. The van der Waals surface area contributed by atoms with Crippen molar-refractivity contribution < 1.29 is 9.53 Å². The van der Waals surface area contributed by atoms with Crippen molar-refractivity contribution in [1.82, 2.24) is 15.1 Å². The molecule has 5 heteroatoms. The van der Waals surface area contributed by atoms with E-state index in [0.29, 0.717) is 6.61 Å². The van der Waals surface area contributed by atoms with E-state index >= 15 is 0 Å². The molecule has 1 aliphatic heterocycles. The second-order valence-electron chi connectivity index (χ2n) is 6.12. The van der Waals surface area contributed by atoms with Crippen LogP contribution in [0.15, 0.2) is 24.3 Å². The molecule has 1 fully saturated rings. The van der Waals surface area contributed by atoms with Gasteiger partial charge in [-0.15, -0.1) is 0 Å². The zero-order valence-corrected chi connectivity index (χ0v) is 13.8. The van der Waals surface area contributed by atoms with Crippen LogP contribution in [0.4, 0.5) is 4.79 Å². The maximum atomic E-state index is 12.3. The summed E-state index contributed by atoms with van der Waals surface area (Å²) in [6.45, 7) is 8.08. The van der Waals surface area contributed by atoms with Crippen molar-refractivity contribution in [3.05, 3.63) is 29.8 Å². The number of carbonyl (C=O) groups is 1. The Morgan fingerprint density at radius 2 is 1.95 bits per heavy atom. The van der Waals surface area contributed by atoms with E-state index in [1.807, 2.05) is 43.0 Å². The van der Waals surface area contributed by atoms with E-state index in [4.69, 9.17) is 4.74 Å². The Morgan fingerprint density at radius 1 is 1.23 bits per heavy atom. The Morgan fingerprint density at radius 3 is 2.68 bits per heavy atom. The highest BCUT2D eigenvalue weighted by Crippen LogP contribution is 2.11. The summed E-state index contributed by atoms with van der Waals surface area (Å²) in [5.74, 6) is 0.836. The monoisotopic (exact) mass is 305 g/mol. The number of hydrogen-bond acceptors (Lipinski definition) is 3. The van der Waals surface area contributed by atoms with Gasteiger partial charge in [0.1, 0.15) is 12.4 Å². The number of likely N-dealkylation sites (N-methyl/N-ethyl adjacent to an activating group) is 1. The minimum absolute atomic E-state index is 0.00954. The van der Waals surface area contributed by atoms with Gasteiger partial charge in [-0.2, -0.15) is 0 Å². The van der Waals surface area contributed by atoms with Gasteiger partial charge in [0, 0.05) is 19.6 Å². The lowest BCUT2D eigenvalue weighted by Crippen LogP contribution is -2.46. The zero-order chi connectivity index (χ0) is 15.9. The van der Waals surface area contributed by atoms with Gasteiger partial charge in [-0.1, -0.05) is 17.7 Å². The second kappa shape index (κ2) is 8.03. The van der Waals surface area contributed by atoms with E-state index in [0.717, 1.165) is 38.3 Å². The molecule has 1 aliphatic rings. The Kier molecular flexibility index (Phi) is 6.07. The van der Waals surface area contributed by atoms with Crippen LogP contribution >= 0.6 is 0 Å². The average molecular weight is 305 g/mol. The first-order valence-corrected chi connectivity index (χ1v) is 7.98. The molecular weight excluding hydrogens is 278 g/mol. The number of benzene rings is 1. The molecule has 122 valence electrons. The summed E-state index contributed by atoms with van der Waals surface area (Å²) in [5.41, 5.74) is 1.21. The normalized spacial score (nSPS) is 17.7. The highest BCUT2D eigenvalue weighted by atomic mass is 16.5. The summed E-state index contributed by atoms with van der Waals surface area (Å²) >= 11 is 0. The number of nitrogens with one attached hydrogen (secondary N) is 1. The predicted molar refractivity (Wildman–Crippen MR) is 88.4 cm³/mol. The van der Waals surface area contributed by atoms with Crippen LogP contribution in [0.2, 0.25) is 0 Å². The average Bonchev–Trinajstić information content (AvgIpc) is 2.71. The highest BCUT2D eigenvalue weighted by Gasteiger charge is 2.18. The molecule has 0 spiro atoms. The van der Waals surface area contributed by atoms with E-state index in [9.17, 15) is 4.79 Å². The number of ether oxygens (including phenoxy) is 1. The van der Waals surface area contributed by atoms with Crippen molar-refractivity contribution in [2.75, 3.05) is 39.8 Å². The van der Waals surface area contributed by atoms with E-state index in [2.05, 4.69) is 17.3 Å². The molecule has 0 aliphatic carbocycles. The molecule has 0 saturated carbocycles. The molecule has 22 heavy (non-hydrogen) atoms. The lowest BCUT2D eigenvalue weighted by Gasteiger charge is -2.23. The third kappa shape index (κ3) is 5.22. The van der Waals surface area contributed by atoms with Crippen molar-refractivity contribution in [2.24, 2.45) is 0 Å². The van der Waals surface area contributed by atoms with Gasteiger partial charge in [-0.3, -0.25) is 0 Å². The molecule has 1 aromatic rings. The third-order valence-electron chi connectivity index (χ3n) is 3.90. The van der Waals surface area contributed by atoms with Gasteiger partial charge < -0.3 is 19.9 Å². The van der Waals surface area contributed by atoms with Crippen molar-refractivity contribution in [2.45, 2.75) is 26.3 Å². The zero-order valence-electron chi connectivity index (χ0n) is 13.8. The Balaban J connectivity index is 1.74. The molecule has 1 N–H and O–H groups in total. The van der Waals surface area contributed by atoms with Crippen molar-refractivity contribution in [3.8, 4) is 5.75 Å². The lowest BCUT2D eigenvalue weighted by atomic mass is 10.2. The quantitative estimate of drug-likeness (QED) is 0.926. The lowest BCUT2D eigenvalue weighted by molar-refractivity contribution is 0.189. The molecule has 2 rings (SSSR count). The molecule has 1 heterocycles. The summed E-state index contributed by atoms with van der Waals surface area (Å²) in [4.78, 5) is 16.4. The number of amides is 2. The largest absolute Gasteiger partial charge is 0.491 e. The second-order valence-corrected chi connectivity index (χ2v) is 6.12. The summed E-state index contributed by atoms with van der Waals surface area (Å²) in [7, 11) is 2.10. The van der Waals surface area contributed by atoms with Crippen LogP contribution in [0.3, 0.4) is 0 Å². The Bertz CT molecular complexity index is 475. The van der Waals surface area contributed by atoms with Gasteiger partial charge in [-0.05, 0) is 46.0 Å². The van der Waals surface area contributed by atoms with Gasteiger partial charge >= 0.3 is 6.03 Å². The van der Waals surface area contributed by atoms with Crippen LogP contribution in [0.5, 0.6) is 5.75 Å². The van der Waals surface area contributed by atoms with E-state index in [1.165, 1.54) is 5.56 Å². The minimum Gasteiger partial charge on any atom is -0.491 e. The van der Waals surface area contributed by atoms with E-state index in [-0.39, 0.29) is 12.1 Å². The minimum atomic E-state index is -0.0187. The van der Waals surface area contributed by atoms with Crippen LogP contribution in [0, 0.1) is 6.92 Å². The van der Waals surface area contributed by atoms with Crippen LogP contribution in [0.25, 0.3) is 0 Å². The number of carbonyl (C=O) groups excluding carboxylic acids is 1. The smallest absolute Gasteiger partial charge is 0.317 e. The number of hydrogen-bond donors (Lipinski definition) is 1. The standard InChI is InChI=1S/C17H27N3O2/c1-14-5-7-16(8-6-14)22-13-15(2)18-17(21)20-10-4-9-19(3)11-12-20/h5-8,15H,4,9-13H2,1-3H3,(H,18,21)/t15-/m0/s1. The first kappa shape index (κ1) is 16.6. The molecular formula is C17H27N3O2. The fourth-order valence-corrected chi connectivity index (χ4v) is 2.45. The Hall–Kier alpha value is -1.75. The van der Waals surface area contributed by atoms with E-state index in [1.54, 1.807) is 0 Å². The van der Waals surface area contributed by atoms with Gasteiger partial charge in [0.2, 0.25) is 0 Å². The molecule has 0 aromatic heterocycles. The maximum Gasteiger partial charge on any atom is 0.317 e. The Labute approximate surface area is 133 Å². The number of urea groups is 1. The summed E-state index contributed by atoms with van der Waals surface area (Å²) in [5, 5.41) is 3.02. The van der Waals surface area contributed by atoms with Crippen molar-refractivity contribution >= 4 is 6.03 Å². The fraction of sp³-hybridized carbons (Fsp3) is 0.588. The van der Waals surface area contributed by atoms with Crippen molar-refractivity contribution in [1.29, 1.82) is 0 Å². The maximum absolute atomic E-state index is 12.3. The van der Waals surface area contributed by atoms with Crippen LogP contribution in [-0.4, -0.2) is 61.7 Å². The van der Waals surface area contributed by atoms with Gasteiger partial charge in [0.05, 0.1) is 6.04 Å². The van der Waals surface area contributed by atoms with Gasteiger partial charge in [-0.25, -0.2) is 4.79 Å². The molecule has 1 saturated heterocycles. The number of aryl methyl sites for hydroxylation is 1. The van der Waals surface area contributed by atoms with Crippen molar-refractivity contribution in [3.63, 3.8) is 0 Å². The topological polar surface area (TPSA) is 44.8 Å². The predicted octanol–water partition coefficient (Wildman–Crippen LogP) is 2.11. The number of nitrogens with zero attached hydrogens (tertiary/aromatic N) is 2. The third-order valence-corrected chi connectivity index (χ3v) is 3.90. The van der Waals surface area contributed by atoms with Crippen LogP contribution < -0.4 is 10.1 Å². The summed E-state index contributed by atoms with van der Waals surface area (Å²) < 4.78 is 5.71. The summed E-state index contributed by atoms with van der Waals surface area (Å²) in [6, 6.07) is 7.94. The molecule has 0 radical (unpaired) electrons. The van der Waals surface area contributed by atoms with Gasteiger partial charge in [0.15, 0.2) is 0 Å². The van der Waals surface area contributed by atoms with E-state index < -0.39 is 0 Å². The number of rotatable bonds is 4. The van der Waals surface area contributed by atoms with Crippen LogP contribution in [-0.2, 0) is 0 Å². The molecule has 1 atom stereocenters. The van der Waals surface area contributed by atoms with Crippen LogP contribution in [0.1, 0.15) is 18.9 Å². The summed E-state index contributed by atoms with van der Waals surface area (Å²) in [6.07, 6.45) is 1.03. The van der Waals surface area contributed by atoms with Gasteiger partial charge in [0.25, 0.3) is 0 Å². The SMILES string of the molecule is Cc1ccc(OC[C@H](C)NC(=O)N2CCCN(C)CC2)cc1. The first-order valence-electron chi connectivity index (χ1n) is 7.98. The molecule has 2 amide bonds. The molecule has 5 nitrogen and oxygen atoms in total.